The molecule has 2 atom stereocenters. The van der Waals surface area contributed by atoms with Gasteiger partial charge in [-0.15, -0.1) is 12.4 Å². The van der Waals surface area contributed by atoms with Crippen LogP contribution in [0.3, 0.4) is 0 Å². The van der Waals surface area contributed by atoms with Gasteiger partial charge in [-0.25, -0.2) is 0 Å². The Labute approximate surface area is 225 Å². The van der Waals surface area contributed by atoms with E-state index >= 15 is 0 Å². The zero-order valence-corrected chi connectivity index (χ0v) is 21.7. The van der Waals surface area contributed by atoms with Gasteiger partial charge in [0.2, 0.25) is 0 Å². The van der Waals surface area contributed by atoms with Crippen molar-refractivity contribution in [2.45, 2.75) is 24.8 Å². The molecule has 6 rings (SSSR count). The lowest BCUT2D eigenvalue weighted by atomic mass is 9.83. The van der Waals surface area contributed by atoms with Gasteiger partial charge in [0.15, 0.2) is 0 Å². The second kappa shape index (κ2) is 9.94. The molecule has 1 fully saturated rings. The van der Waals surface area contributed by atoms with Gasteiger partial charge in [0.25, 0.3) is 5.69 Å². The van der Waals surface area contributed by atoms with Crippen LogP contribution in [0.1, 0.15) is 47.2 Å². The molecule has 2 unspecified atom stereocenters. The number of nitrogens with one attached hydrogen (secondary N) is 2. The number of halogens is 3. The van der Waals surface area contributed by atoms with Crippen LogP contribution in [0.4, 0.5) is 11.4 Å². The number of aromatic amines is 1. The highest BCUT2D eigenvalue weighted by molar-refractivity contribution is 6.35. The van der Waals surface area contributed by atoms with Crippen molar-refractivity contribution < 1.29 is 4.92 Å². The van der Waals surface area contributed by atoms with Crippen LogP contribution in [-0.4, -0.2) is 29.5 Å². The molecule has 9 heteroatoms. The summed E-state index contributed by atoms with van der Waals surface area (Å²) in [6, 6.07) is 19.3. The minimum atomic E-state index is -0.262. The summed E-state index contributed by atoms with van der Waals surface area (Å²) in [6.07, 6.45) is 2.13. The number of hydrogen-bond donors (Lipinski definition) is 2. The average Bonchev–Trinajstić information content (AvgIpc) is 3.52. The molecule has 0 bridgehead atoms. The molecule has 3 heterocycles. The summed E-state index contributed by atoms with van der Waals surface area (Å²) in [4.78, 5) is 17.5. The Morgan fingerprint density at radius 1 is 1.00 bits per heavy atom. The van der Waals surface area contributed by atoms with Gasteiger partial charge in [-0.05, 0) is 53.8 Å². The van der Waals surface area contributed by atoms with Crippen LogP contribution in [0.25, 0.3) is 10.9 Å². The summed E-state index contributed by atoms with van der Waals surface area (Å²) in [5.41, 5.74) is 5.94. The molecule has 0 saturated carbocycles. The van der Waals surface area contributed by atoms with Crippen LogP contribution >= 0.6 is 35.6 Å². The van der Waals surface area contributed by atoms with Crippen LogP contribution in [0.15, 0.2) is 60.7 Å². The van der Waals surface area contributed by atoms with Crippen LogP contribution in [0.2, 0.25) is 10.0 Å². The molecule has 1 saturated heterocycles. The summed E-state index contributed by atoms with van der Waals surface area (Å²) >= 11 is 12.8. The third kappa shape index (κ3) is 4.22. The van der Waals surface area contributed by atoms with Crippen LogP contribution in [0.5, 0.6) is 0 Å². The molecule has 0 aliphatic carbocycles. The standard InChI is InChI=1S/C27H24Cl2N4O2.ClH/c28-17-8-9-18(21(29)14-17)20-15-30-26(27-25(20)19-5-1-2-6-22(19)31-27)16-7-10-23(24(13-16)33(34)35)32-11-3-4-12-32;/h1-2,5-10,13-14,20,26,30-31H,3-4,11-12,15H2;1H. The number of nitro groups is 1. The van der Waals surface area contributed by atoms with Crippen molar-refractivity contribution in [1.29, 1.82) is 0 Å². The number of benzene rings is 3. The lowest BCUT2D eigenvalue weighted by Gasteiger charge is -2.32. The monoisotopic (exact) mass is 542 g/mol. The summed E-state index contributed by atoms with van der Waals surface area (Å²) < 4.78 is 0. The highest BCUT2D eigenvalue weighted by atomic mass is 35.5. The Morgan fingerprint density at radius 3 is 2.53 bits per heavy atom. The van der Waals surface area contributed by atoms with Crippen LogP contribution < -0.4 is 10.2 Å². The molecule has 0 radical (unpaired) electrons. The first kappa shape index (κ1) is 24.9. The van der Waals surface area contributed by atoms with Gasteiger partial charge in [0, 0.05) is 58.3 Å². The molecular weight excluding hydrogens is 519 g/mol. The van der Waals surface area contributed by atoms with Gasteiger partial charge >= 0.3 is 0 Å². The fraction of sp³-hybridized carbons (Fsp3) is 0.259. The van der Waals surface area contributed by atoms with Gasteiger partial charge < -0.3 is 15.2 Å². The summed E-state index contributed by atoms with van der Waals surface area (Å²) in [7, 11) is 0. The number of H-pyrrole nitrogens is 1. The molecule has 0 amide bonds. The maximum absolute atomic E-state index is 12.0. The van der Waals surface area contributed by atoms with Crippen molar-refractivity contribution in [3.05, 3.63) is 103 Å². The summed E-state index contributed by atoms with van der Waals surface area (Å²) in [5.74, 6) is 0.0148. The Morgan fingerprint density at radius 2 is 1.78 bits per heavy atom. The van der Waals surface area contributed by atoms with Crippen LogP contribution in [0, 0.1) is 10.1 Å². The Hall–Kier alpha value is -2.77. The van der Waals surface area contributed by atoms with E-state index in [1.54, 1.807) is 12.1 Å². The van der Waals surface area contributed by atoms with Crippen LogP contribution in [-0.2, 0) is 0 Å². The van der Waals surface area contributed by atoms with Crippen molar-refractivity contribution in [1.82, 2.24) is 10.3 Å². The number of nitrogens with zero attached hydrogens (tertiary/aromatic N) is 2. The molecule has 2 N–H and O–H groups in total. The highest BCUT2D eigenvalue weighted by Gasteiger charge is 2.34. The quantitative estimate of drug-likeness (QED) is 0.210. The summed E-state index contributed by atoms with van der Waals surface area (Å²) in [6.45, 7) is 2.36. The second-order valence-electron chi connectivity index (χ2n) is 9.26. The number of hydrogen-bond acceptors (Lipinski definition) is 4. The Balaban J connectivity index is 0.00000267. The molecule has 2 aliphatic rings. The van der Waals surface area contributed by atoms with E-state index < -0.39 is 0 Å². The predicted octanol–water partition coefficient (Wildman–Crippen LogP) is 7.23. The molecule has 0 spiro atoms. The van der Waals surface area contributed by atoms with E-state index in [0.29, 0.717) is 22.3 Å². The minimum Gasteiger partial charge on any atom is -0.366 e. The first-order valence-electron chi connectivity index (χ1n) is 11.8. The maximum Gasteiger partial charge on any atom is 0.292 e. The molecule has 36 heavy (non-hydrogen) atoms. The largest absolute Gasteiger partial charge is 0.366 e. The fourth-order valence-corrected chi connectivity index (χ4v) is 6.19. The van der Waals surface area contributed by atoms with E-state index in [-0.39, 0.29) is 35.0 Å². The smallest absolute Gasteiger partial charge is 0.292 e. The topological polar surface area (TPSA) is 74.2 Å². The molecule has 4 aromatic rings. The Kier molecular flexibility index (Phi) is 6.88. The number of anilines is 1. The number of rotatable bonds is 4. The van der Waals surface area contributed by atoms with Crippen molar-refractivity contribution in [2.24, 2.45) is 0 Å². The Bertz CT molecular complexity index is 1450. The van der Waals surface area contributed by atoms with Gasteiger partial charge in [-0.1, -0.05) is 53.5 Å². The maximum atomic E-state index is 12.0. The van der Waals surface area contributed by atoms with E-state index in [1.807, 2.05) is 36.4 Å². The van der Waals surface area contributed by atoms with Crippen molar-refractivity contribution in [3.8, 4) is 0 Å². The minimum absolute atomic E-state index is 0. The number of aromatic nitrogens is 1. The highest BCUT2D eigenvalue weighted by Crippen LogP contribution is 2.44. The SMILES string of the molecule is Cl.O=[N+]([O-])c1cc(C2NCC(c3ccc(Cl)cc3Cl)c3c2[nH]c2ccccc32)ccc1N1CCCC1. The van der Waals surface area contributed by atoms with E-state index in [9.17, 15) is 10.1 Å². The van der Waals surface area contributed by atoms with Crippen molar-refractivity contribution in [2.75, 3.05) is 24.5 Å². The first-order valence-corrected chi connectivity index (χ1v) is 12.6. The van der Waals surface area contributed by atoms with Gasteiger partial charge in [-0.3, -0.25) is 10.1 Å². The number of fused-ring (bicyclic) bond motifs is 3. The van der Waals surface area contributed by atoms with Crippen molar-refractivity contribution in [3.63, 3.8) is 0 Å². The average molecular weight is 544 g/mol. The van der Waals surface area contributed by atoms with E-state index in [4.69, 9.17) is 23.2 Å². The van der Waals surface area contributed by atoms with E-state index in [1.165, 1.54) is 5.56 Å². The second-order valence-corrected chi connectivity index (χ2v) is 10.1. The third-order valence-electron chi connectivity index (χ3n) is 7.25. The van der Waals surface area contributed by atoms with Crippen molar-refractivity contribution >= 4 is 57.9 Å². The fourth-order valence-electron chi connectivity index (χ4n) is 5.65. The third-order valence-corrected chi connectivity index (χ3v) is 7.82. The lowest BCUT2D eigenvalue weighted by molar-refractivity contribution is -0.384. The van der Waals surface area contributed by atoms with Gasteiger partial charge in [0.1, 0.15) is 5.69 Å². The molecular formula is C27H25Cl3N4O2. The molecule has 3 aromatic carbocycles. The van der Waals surface area contributed by atoms with Gasteiger partial charge in [0.05, 0.1) is 11.0 Å². The number of para-hydroxylation sites is 1. The number of nitro benzene ring substituents is 1. The lowest BCUT2D eigenvalue weighted by Crippen LogP contribution is -2.34. The normalized spacial score (nSPS) is 19.2. The zero-order valence-electron chi connectivity index (χ0n) is 19.3. The van der Waals surface area contributed by atoms with E-state index in [0.717, 1.165) is 53.7 Å². The predicted molar refractivity (Wildman–Crippen MR) is 148 cm³/mol. The molecule has 2 aliphatic heterocycles. The zero-order chi connectivity index (χ0) is 24.1. The molecule has 6 nitrogen and oxygen atoms in total. The van der Waals surface area contributed by atoms with Gasteiger partial charge in [-0.2, -0.15) is 0 Å². The molecule has 1 aromatic heterocycles. The van der Waals surface area contributed by atoms with E-state index in [2.05, 4.69) is 27.3 Å². The molecule has 186 valence electrons. The first-order chi connectivity index (χ1) is 17.0. The summed E-state index contributed by atoms with van der Waals surface area (Å²) in [5, 5.41) is 18.0.